The third-order valence-electron chi connectivity index (χ3n) is 3.03. The fourth-order valence-corrected chi connectivity index (χ4v) is 2.41. The second-order valence-electron chi connectivity index (χ2n) is 4.71. The Morgan fingerprint density at radius 1 is 1.32 bits per heavy atom. The largest absolute Gasteiger partial charge is 0.490 e. The number of Topliss-reactive ketones (excluding diaryl/α,β-unsaturated/α-hetero) is 1. The molecule has 0 unspecified atom stereocenters. The number of fused-ring (bicyclic) bond motifs is 1. The molecule has 0 spiro atoms. The number of carbonyl (C=O) groups is 2. The van der Waals surface area contributed by atoms with Crippen LogP contribution in [0.25, 0.3) is 11.0 Å². The topological polar surface area (TPSA) is 65.7 Å². The summed E-state index contributed by atoms with van der Waals surface area (Å²) in [7, 11) is 0. The Morgan fingerprint density at radius 3 is 2.77 bits per heavy atom. The maximum absolute atomic E-state index is 11.4. The van der Waals surface area contributed by atoms with Gasteiger partial charge in [-0.2, -0.15) is 0 Å². The molecule has 1 aromatic heterocycles. The van der Waals surface area contributed by atoms with Gasteiger partial charge in [-0.25, -0.2) is 0 Å². The first-order valence-electron chi connectivity index (χ1n) is 7.04. The van der Waals surface area contributed by atoms with E-state index >= 15 is 0 Å². The zero-order valence-corrected chi connectivity index (χ0v) is 14.1. The summed E-state index contributed by atoms with van der Waals surface area (Å²) >= 11 is 3.42. The van der Waals surface area contributed by atoms with E-state index in [-0.39, 0.29) is 11.8 Å². The van der Waals surface area contributed by atoms with Crippen LogP contribution in [-0.4, -0.2) is 25.0 Å². The quantitative estimate of drug-likeness (QED) is 0.417. The molecule has 0 saturated heterocycles. The summed E-state index contributed by atoms with van der Waals surface area (Å²) in [5.74, 6) is 0.466. The van der Waals surface area contributed by atoms with Crippen LogP contribution in [0, 0.1) is 0 Å². The fourth-order valence-electron chi connectivity index (χ4n) is 1.98. The Kier molecular flexibility index (Phi) is 5.60. The highest BCUT2D eigenvalue weighted by Gasteiger charge is 2.14. The molecule has 118 valence electrons. The first kappa shape index (κ1) is 16.5. The van der Waals surface area contributed by atoms with E-state index in [0.29, 0.717) is 43.1 Å². The highest BCUT2D eigenvalue weighted by atomic mass is 79.9. The van der Waals surface area contributed by atoms with Crippen molar-refractivity contribution in [1.82, 2.24) is 0 Å². The van der Waals surface area contributed by atoms with Crippen LogP contribution in [0.15, 0.2) is 27.1 Å². The summed E-state index contributed by atoms with van der Waals surface area (Å²) in [5.41, 5.74) is 0.524. The standard InChI is InChI=1S/C16H17BrO5/c1-3-20-15(19)5-4-8-21-13-7-6-12(17)11-9-14(10(2)18)22-16(11)13/h6-7,9H,3-5,8H2,1-2H3. The Balaban J connectivity index is 2.06. The highest BCUT2D eigenvalue weighted by molar-refractivity contribution is 9.10. The monoisotopic (exact) mass is 368 g/mol. The Labute approximate surface area is 136 Å². The van der Waals surface area contributed by atoms with Crippen molar-refractivity contribution < 1.29 is 23.5 Å². The van der Waals surface area contributed by atoms with Gasteiger partial charge in [-0.15, -0.1) is 0 Å². The molecule has 0 aliphatic carbocycles. The number of rotatable bonds is 7. The molecule has 0 N–H and O–H groups in total. The third kappa shape index (κ3) is 3.88. The molecule has 2 aromatic rings. The maximum Gasteiger partial charge on any atom is 0.305 e. The van der Waals surface area contributed by atoms with Crippen LogP contribution in [0.3, 0.4) is 0 Å². The van der Waals surface area contributed by atoms with Gasteiger partial charge in [0, 0.05) is 23.2 Å². The zero-order chi connectivity index (χ0) is 16.1. The lowest BCUT2D eigenvalue weighted by Crippen LogP contribution is -2.06. The number of halogens is 1. The van der Waals surface area contributed by atoms with Crippen molar-refractivity contribution in [2.24, 2.45) is 0 Å². The van der Waals surface area contributed by atoms with Crippen molar-refractivity contribution in [3.63, 3.8) is 0 Å². The zero-order valence-electron chi connectivity index (χ0n) is 12.5. The lowest BCUT2D eigenvalue weighted by Gasteiger charge is -2.07. The average Bonchev–Trinajstić information content (AvgIpc) is 2.92. The summed E-state index contributed by atoms with van der Waals surface area (Å²) in [6.07, 6.45) is 0.862. The van der Waals surface area contributed by atoms with Gasteiger partial charge in [-0.05, 0) is 31.5 Å². The van der Waals surface area contributed by atoms with Crippen LogP contribution < -0.4 is 4.74 Å². The number of hydrogen-bond acceptors (Lipinski definition) is 5. The average molecular weight is 369 g/mol. The molecule has 2 rings (SSSR count). The summed E-state index contributed by atoms with van der Waals surface area (Å²) in [5, 5.41) is 0.785. The first-order chi connectivity index (χ1) is 10.5. The van der Waals surface area contributed by atoms with Crippen molar-refractivity contribution in [2.45, 2.75) is 26.7 Å². The summed E-state index contributed by atoms with van der Waals surface area (Å²) in [6.45, 7) is 3.97. The van der Waals surface area contributed by atoms with Crippen molar-refractivity contribution in [2.75, 3.05) is 13.2 Å². The van der Waals surface area contributed by atoms with E-state index in [9.17, 15) is 9.59 Å². The van der Waals surface area contributed by atoms with Gasteiger partial charge in [0.25, 0.3) is 0 Å². The van der Waals surface area contributed by atoms with Crippen LogP contribution in [-0.2, 0) is 9.53 Å². The van der Waals surface area contributed by atoms with Gasteiger partial charge in [0.2, 0.25) is 0 Å². The minimum Gasteiger partial charge on any atom is -0.490 e. The molecule has 0 fully saturated rings. The number of hydrogen-bond donors (Lipinski definition) is 0. The second kappa shape index (κ2) is 7.45. The molecular formula is C16H17BrO5. The van der Waals surface area contributed by atoms with Gasteiger partial charge in [-0.3, -0.25) is 9.59 Å². The molecule has 0 aliphatic rings. The van der Waals surface area contributed by atoms with Gasteiger partial charge in [0.15, 0.2) is 22.9 Å². The minimum atomic E-state index is -0.232. The van der Waals surface area contributed by atoms with Crippen molar-refractivity contribution in [1.29, 1.82) is 0 Å². The lowest BCUT2D eigenvalue weighted by molar-refractivity contribution is -0.143. The molecule has 6 heteroatoms. The van der Waals surface area contributed by atoms with Crippen LogP contribution in [0.2, 0.25) is 0 Å². The van der Waals surface area contributed by atoms with Crippen LogP contribution in [0.1, 0.15) is 37.2 Å². The van der Waals surface area contributed by atoms with E-state index in [4.69, 9.17) is 13.9 Å². The van der Waals surface area contributed by atoms with Crippen molar-refractivity contribution in [3.05, 3.63) is 28.4 Å². The maximum atomic E-state index is 11.4. The van der Waals surface area contributed by atoms with Gasteiger partial charge in [0.1, 0.15) is 0 Å². The molecule has 0 saturated carbocycles. The lowest BCUT2D eigenvalue weighted by atomic mass is 10.2. The van der Waals surface area contributed by atoms with E-state index in [2.05, 4.69) is 15.9 Å². The summed E-state index contributed by atoms with van der Waals surface area (Å²) in [6, 6.07) is 5.29. The molecule has 1 heterocycles. The number of furan rings is 1. The van der Waals surface area contributed by atoms with Gasteiger partial charge in [-0.1, -0.05) is 15.9 Å². The summed E-state index contributed by atoms with van der Waals surface area (Å²) < 4.78 is 16.9. The molecular weight excluding hydrogens is 352 g/mol. The molecule has 0 aliphatic heterocycles. The molecule has 0 radical (unpaired) electrons. The SMILES string of the molecule is CCOC(=O)CCCOc1ccc(Br)c2cc(C(C)=O)oc12. The van der Waals surface area contributed by atoms with E-state index in [1.165, 1.54) is 6.92 Å². The Morgan fingerprint density at radius 2 is 2.09 bits per heavy atom. The Bertz CT molecular complexity index is 689. The molecule has 0 bridgehead atoms. The van der Waals surface area contributed by atoms with Crippen molar-refractivity contribution >= 4 is 38.7 Å². The number of esters is 1. The van der Waals surface area contributed by atoms with Gasteiger partial charge >= 0.3 is 5.97 Å². The Hall–Kier alpha value is -1.82. The first-order valence-corrected chi connectivity index (χ1v) is 7.83. The molecule has 22 heavy (non-hydrogen) atoms. The molecule has 0 amide bonds. The summed E-state index contributed by atoms with van der Waals surface area (Å²) in [4.78, 5) is 22.7. The number of ether oxygens (including phenoxy) is 2. The molecule has 1 aromatic carbocycles. The van der Waals surface area contributed by atoms with E-state index in [1.54, 1.807) is 19.1 Å². The van der Waals surface area contributed by atoms with E-state index in [0.717, 1.165) is 9.86 Å². The second-order valence-corrected chi connectivity index (χ2v) is 5.57. The minimum absolute atomic E-state index is 0.142. The van der Waals surface area contributed by atoms with Gasteiger partial charge in [0.05, 0.1) is 13.2 Å². The molecule has 5 nitrogen and oxygen atoms in total. The smallest absolute Gasteiger partial charge is 0.305 e. The van der Waals surface area contributed by atoms with Crippen LogP contribution in [0.5, 0.6) is 5.75 Å². The predicted octanol–water partition coefficient (Wildman–Crippen LogP) is 4.12. The number of ketones is 1. The van der Waals surface area contributed by atoms with E-state index < -0.39 is 0 Å². The predicted molar refractivity (Wildman–Crippen MR) is 85.3 cm³/mol. The third-order valence-corrected chi connectivity index (χ3v) is 3.72. The molecule has 0 atom stereocenters. The van der Waals surface area contributed by atoms with Crippen molar-refractivity contribution in [3.8, 4) is 5.75 Å². The number of carbonyl (C=O) groups excluding carboxylic acids is 2. The van der Waals surface area contributed by atoms with Crippen LogP contribution >= 0.6 is 15.9 Å². The number of benzene rings is 1. The fraction of sp³-hybridized carbons (Fsp3) is 0.375. The van der Waals surface area contributed by atoms with Crippen LogP contribution in [0.4, 0.5) is 0 Å². The highest BCUT2D eigenvalue weighted by Crippen LogP contribution is 2.34. The van der Waals surface area contributed by atoms with Gasteiger partial charge < -0.3 is 13.9 Å². The normalized spacial score (nSPS) is 10.7. The van der Waals surface area contributed by atoms with E-state index in [1.807, 2.05) is 6.07 Å².